The monoisotopic (exact) mass is 399 g/mol. The van der Waals surface area contributed by atoms with E-state index in [1.54, 1.807) is 28.8 Å². The van der Waals surface area contributed by atoms with Crippen LogP contribution in [0, 0.1) is 0 Å². The molecule has 0 unspecified atom stereocenters. The van der Waals surface area contributed by atoms with Crippen molar-refractivity contribution in [3.8, 4) is 0 Å². The number of amides is 1. The minimum Gasteiger partial charge on any atom is -0.326 e. The van der Waals surface area contributed by atoms with Crippen LogP contribution in [0.15, 0.2) is 46.3 Å². The van der Waals surface area contributed by atoms with Crippen molar-refractivity contribution in [2.75, 3.05) is 5.32 Å². The van der Waals surface area contributed by atoms with E-state index < -0.39 is 0 Å². The summed E-state index contributed by atoms with van der Waals surface area (Å²) in [5.74, 6) is 1.03. The highest BCUT2D eigenvalue weighted by molar-refractivity contribution is 7.98. The number of hydrogen-bond donors (Lipinski definition) is 1. The van der Waals surface area contributed by atoms with Crippen LogP contribution in [0.25, 0.3) is 5.78 Å². The molecule has 2 heterocycles. The summed E-state index contributed by atoms with van der Waals surface area (Å²) in [5.41, 5.74) is 1.36. The third-order valence-corrected chi connectivity index (χ3v) is 5.31. The standard InChI is InChI=1S/C20H25N5O2S/c1-4-5-6-18(26)22-15-7-9-17(10-8-15)28-12-16-11-19(27)25-20(23-16)21-13-24(25)14(2)3/h7-11,13-14H,4-6,12H2,1-3H3,(H,22,26). The van der Waals surface area contributed by atoms with Crippen LogP contribution in [0.4, 0.5) is 5.69 Å². The molecule has 148 valence electrons. The molecular formula is C20H25N5O2S. The topological polar surface area (TPSA) is 81.3 Å². The zero-order valence-electron chi connectivity index (χ0n) is 16.4. The van der Waals surface area contributed by atoms with E-state index in [2.05, 4.69) is 22.2 Å². The van der Waals surface area contributed by atoms with Crippen LogP contribution in [0.3, 0.4) is 0 Å². The van der Waals surface area contributed by atoms with Crippen molar-refractivity contribution in [1.82, 2.24) is 19.2 Å². The van der Waals surface area contributed by atoms with Crippen molar-refractivity contribution in [2.45, 2.75) is 56.7 Å². The number of unbranched alkanes of at least 4 members (excludes halogenated alkanes) is 1. The average molecular weight is 400 g/mol. The quantitative estimate of drug-likeness (QED) is 0.581. The third-order valence-electron chi connectivity index (χ3n) is 4.27. The van der Waals surface area contributed by atoms with E-state index in [9.17, 15) is 9.59 Å². The number of fused-ring (bicyclic) bond motifs is 1. The van der Waals surface area contributed by atoms with Crippen molar-refractivity contribution in [3.63, 3.8) is 0 Å². The molecule has 0 spiro atoms. The van der Waals surface area contributed by atoms with Gasteiger partial charge in [-0.05, 0) is 44.5 Å². The molecule has 0 saturated carbocycles. The maximum atomic E-state index is 12.4. The first-order chi connectivity index (χ1) is 13.5. The van der Waals surface area contributed by atoms with Gasteiger partial charge in [-0.3, -0.25) is 14.3 Å². The first-order valence-electron chi connectivity index (χ1n) is 9.46. The number of thioether (sulfide) groups is 1. The van der Waals surface area contributed by atoms with Crippen LogP contribution in [0.5, 0.6) is 0 Å². The van der Waals surface area contributed by atoms with Gasteiger partial charge < -0.3 is 5.32 Å². The fourth-order valence-electron chi connectivity index (χ4n) is 2.76. The summed E-state index contributed by atoms with van der Waals surface area (Å²) in [7, 11) is 0. The van der Waals surface area contributed by atoms with Crippen LogP contribution in [-0.2, 0) is 10.5 Å². The molecule has 0 saturated heterocycles. The van der Waals surface area contributed by atoms with E-state index in [4.69, 9.17) is 0 Å². The van der Waals surface area contributed by atoms with Gasteiger partial charge in [-0.2, -0.15) is 9.50 Å². The van der Waals surface area contributed by atoms with Crippen LogP contribution in [0.1, 0.15) is 51.8 Å². The predicted molar refractivity (Wildman–Crippen MR) is 112 cm³/mol. The Balaban J connectivity index is 1.64. The summed E-state index contributed by atoms with van der Waals surface area (Å²) in [4.78, 5) is 34.0. The number of carbonyl (C=O) groups excluding carboxylic acids is 1. The highest BCUT2D eigenvalue weighted by atomic mass is 32.2. The van der Waals surface area contributed by atoms with Crippen molar-refractivity contribution >= 4 is 29.1 Å². The SMILES string of the molecule is CCCCC(=O)Nc1ccc(SCc2cc(=O)n3c(ncn3C(C)C)n2)cc1. The van der Waals surface area contributed by atoms with Crippen molar-refractivity contribution < 1.29 is 4.79 Å². The van der Waals surface area contributed by atoms with E-state index in [0.717, 1.165) is 23.4 Å². The Bertz CT molecular complexity index is 1010. The summed E-state index contributed by atoms with van der Waals surface area (Å²) in [6, 6.07) is 9.39. The van der Waals surface area contributed by atoms with Crippen molar-refractivity contribution in [2.24, 2.45) is 0 Å². The van der Waals surface area contributed by atoms with Crippen LogP contribution in [-0.4, -0.2) is 25.1 Å². The van der Waals surface area contributed by atoms with Gasteiger partial charge in [0.15, 0.2) is 0 Å². The van der Waals surface area contributed by atoms with Gasteiger partial charge in [0.05, 0.1) is 5.69 Å². The van der Waals surface area contributed by atoms with Gasteiger partial charge in [0, 0.05) is 34.9 Å². The lowest BCUT2D eigenvalue weighted by atomic mass is 10.2. The molecule has 0 radical (unpaired) electrons. The normalized spacial score (nSPS) is 11.3. The maximum absolute atomic E-state index is 12.4. The first kappa shape index (κ1) is 20.1. The molecule has 1 N–H and O–H groups in total. The van der Waals surface area contributed by atoms with Crippen molar-refractivity contribution in [3.05, 3.63) is 52.7 Å². The lowest BCUT2D eigenvalue weighted by molar-refractivity contribution is -0.116. The fourth-order valence-corrected chi connectivity index (χ4v) is 3.56. The Hall–Kier alpha value is -2.61. The van der Waals surface area contributed by atoms with E-state index in [1.807, 2.05) is 38.1 Å². The smallest absolute Gasteiger partial charge is 0.274 e. The van der Waals surface area contributed by atoms with Crippen LogP contribution < -0.4 is 10.9 Å². The number of anilines is 1. The molecule has 1 amide bonds. The Kier molecular flexibility index (Phi) is 6.51. The number of carbonyl (C=O) groups is 1. The number of hydrogen-bond acceptors (Lipinski definition) is 5. The predicted octanol–water partition coefficient (Wildman–Crippen LogP) is 3.89. The highest BCUT2D eigenvalue weighted by Gasteiger charge is 2.10. The molecule has 3 rings (SSSR count). The lowest BCUT2D eigenvalue weighted by Crippen LogP contribution is -2.22. The molecular weight excluding hydrogens is 374 g/mol. The Labute approximate surface area is 168 Å². The number of nitrogens with zero attached hydrogens (tertiary/aromatic N) is 4. The second kappa shape index (κ2) is 9.05. The molecule has 8 heteroatoms. The Morgan fingerprint density at radius 1 is 1.25 bits per heavy atom. The molecule has 3 aromatic rings. The summed E-state index contributed by atoms with van der Waals surface area (Å²) in [6.45, 7) is 6.05. The zero-order chi connectivity index (χ0) is 20.1. The fraction of sp³-hybridized carbons (Fsp3) is 0.400. The molecule has 2 aromatic heterocycles. The molecule has 0 fully saturated rings. The minimum atomic E-state index is -0.128. The number of rotatable bonds is 8. The Morgan fingerprint density at radius 2 is 2.00 bits per heavy atom. The van der Waals surface area contributed by atoms with E-state index in [0.29, 0.717) is 23.6 Å². The summed E-state index contributed by atoms with van der Waals surface area (Å²) >= 11 is 1.59. The molecule has 0 aliphatic rings. The van der Waals surface area contributed by atoms with Gasteiger partial charge in [0.25, 0.3) is 11.3 Å². The molecule has 0 aliphatic heterocycles. The summed E-state index contributed by atoms with van der Waals surface area (Å²) in [6.07, 6.45) is 4.08. The second-order valence-corrected chi connectivity index (χ2v) is 7.93. The maximum Gasteiger partial charge on any atom is 0.274 e. The van der Waals surface area contributed by atoms with E-state index in [1.165, 1.54) is 4.52 Å². The van der Waals surface area contributed by atoms with Gasteiger partial charge in [0.1, 0.15) is 6.33 Å². The van der Waals surface area contributed by atoms with Gasteiger partial charge in [-0.1, -0.05) is 13.3 Å². The second-order valence-electron chi connectivity index (χ2n) is 6.88. The van der Waals surface area contributed by atoms with Crippen LogP contribution in [0.2, 0.25) is 0 Å². The minimum absolute atomic E-state index is 0.0427. The Morgan fingerprint density at radius 3 is 2.68 bits per heavy atom. The molecule has 0 aliphatic carbocycles. The first-order valence-corrected chi connectivity index (χ1v) is 10.4. The van der Waals surface area contributed by atoms with E-state index in [-0.39, 0.29) is 17.5 Å². The van der Waals surface area contributed by atoms with E-state index >= 15 is 0 Å². The average Bonchev–Trinajstić information content (AvgIpc) is 3.11. The number of nitrogens with one attached hydrogen (secondary N) is 1. The number of aromatic nitrogens is 4. The zero-order valence-corrected chi connectivity index (χ0v) is 17.2. The molecule has 1 aromatic carbocycles. The highest BCUT2D eigenvalue weighted by Crippen LogP contribution is 2.23. The van der Waals surface area contributed by atoms with Gasteiger partial charge in [-0.15, -0.1) is 11.8 Å². The molecule has 28 heavy (non-hydrogen) atoms. The number of benzene rings is 1. The molecule has 0 bridgehead atoms. The summed E-state index contributed by atoms with van der Waals surface area (Å²) in [5, 5.41) is 2.90. The summed E-state index contributed by atoms with van der Waals surface area (Å²) < 4.78 is 3.27. The van der Waals surface area contributed by atoms with Gasteiger partial charge >= 0.3 is 0 Å². The van der Waals surface area contributed by atoms with Crippen LogP contribution >= 0.6 is 11.8 Å². The van der Waals surface area contributed by atoms with Gasteiger partial charge in [0.2, 0.25) is 5.91 Å². The molecule has 0 atom stereocenters. The largest absolute Gasteiger partial charge is 0.326 e. The third kappa shape index (κ3) is 4.81. The molecule has 7 nitrogen and oxygen atoms in total. The lowest BCUT2D eigenvalue weighted by Gasteiger charge is -2.09. The van der Waals surface area contributed by atoms with Gasteiger partial charge in [-0.25, -0.2) is 4.98 Å². The van der Waals surface area contributed by atoms with Crippen molar-refractivity contribution in [1.29, 1.82) is 0 Å².